The molecule has 21 heteroatoms. The molecule has 0 spiro atoms. The monoisotopic (exact) mass is 1040 g/mol. The summed E-state index contributed by atoms with van der Waals surface area (Å²) < 4.78 is 21.6. The highest BCUT2D eigenvalue weighted by Gasteiger charge is 2.48. The van der Waals surface area contributed by atoms with Crippen LogP contribution >= 0.6 is 54.0 Å². The average Bonchev–Trinajstić information content (AvgIpc) is 3.97. The molecule has 0 bridgehead atoms. The Hall–Kier alpha value is -5.09. The number of aliphatic hydroxyl groups is 1. The molecule has 5 amide bonds. The number of nitrogens with one attached hydrogen (secondary N) is 3. The molecule has 5 fully saturated rings. The number of aliphatic hydroxyl groups excluding tert-OH is 1. The van der Waals surface area contributed by atoms with Crippen LogP contribution in [0, 0.1) is 0 Å². The SMILES string of the molecule is C.CC(C)(C)OC(=O)N1CCC[C@H]1C(=O)O[C@@H]1C(=O)N[C@@H]1c1ccccc1.CC(C)(C)OC(=O)N1CCC[C@H]1C(=O)O[C@H]1C(=O)N[C@H]1c1ccccc1.O=C1N[C@@H](c2ccccc2)[C@H]1O.S.S.S.S. The van der Waals surface area contributed by atoms with Gasteiger partial charge in [-0.25, -0.2) is 19.2 Å². The van der Waals surface area contributed by atoms with E-state index >= 15 is 0 Å². The molecule has 0 radical (unpaired) electrons. The van der Waals surface area contributed by atoms with Crippen molar-refractivity contribution in [3.63, 3.8) is 0 Å². The predicted octanol–water partition coefficient (Wildman–Crippen LogP) is 5.64. The summed E-state index contributed by atoms with van der Waals surface area (Å²) in [6.07, 6.45) is -1.28. The fourth-order valence-electron chi connectivity index (χ4n) is 7.62. The van der Waals surface area contributed by atoms with Gasteiger partial charge in [0, 0.05) is 13.1 Å². The number of nitrogens with zero attached hydrogens (tertiary/aromatic N) is 2. The van der Waals surface area contributed by atoms with Gasteiger partial charge in [-0.05, 0) is 83.9 Å². The van der Waals surface area contributed by atoms with E-state index in [0.717, 1.165) is 16.7 Å². The van der Waals surface area contributed by atoms with Crippen LogP contribution in [-0.2, 0) is 42.9 Å². The Morgan fingerprint density at radius 3 is 1.10 bits per heavy atom. The van der Waals surface area contributed by atoms with Crippen molar-refractivity contribution in [1.82, 2.24) is 25.8 Å². The summed E-state index contributed by atoms with van der Waals surface area (Å²) in [5, 5.41) is 17.3. The topological polar surface area (TPSA) is 219 Å². The van der Waals surface area contributed by atoms with Crippen LogP contribution < -0.4 is 16.0 Å². The fraction of sp³-hybridized carbons (Fsp3) is 0.479. The van der Waals surface area contributed by atoms with Crippen molar-refractivity contribution in [3.8, 4) is 0 Å². The van der Waals surface area contributed by atoms with E-state index in [1.54, 1.807) is 41.5 Å². The Kier molecular flexibility index (Phi) is 24.0. The lowest BCUT2D eigenvalue weighted by Crippen LogP contribution is -2.59. The van der Waals surface area contributed by atoms with Crippen LogP contribution in [0.4, 0.5) is 9.59 Å². The maximum atomic E-state index is 12.6. The minimum atomic E-state index is -0.869. The number of likely N-dealkylation sites (tertiary alicyclic amines) is 2. The number of benzene rings is 3. The van der Waals surface area contributed by atoms with E-state index in [4.69, 9.17) is 18.9 Å². The van der Waals surface area contributed by atoms with E-state index in [1.165, 1.54) is 9.80 Å². The standard InChI is InChI=1S/2C19H24N2O5.C9H9NO2.CH4.4H2S/c2*1-19(2,3)26-18(24)21-11-7-10-13(21)17(23)25-15-14(20-16(15)22)12-8-5-4-6-9-12;11-8-7(10-9(8)12)6-4-2-1-3-5-6;;;;;/h2*4-6,8-9,13-15H,7,10-11H2,1-3H3,(H,20,22);1-5,7-8,11H,(H,10,12);1H4;4*1H2/t13-,14+,15-;13-,14-,15+;7-,8+;;;;;/m000...../s1. The smallest absolute Gasteiger partial charge is 0.411 e. The molecular weight excluding hydrogens is 967 g/mol. The minimum absolute atomic E-state index is 0. The number of β-lactam (4-membered cyclic amide) rings is 3. The lowest BCUT2D eigenvalue weighted by atomic mass is 9.94. The molecule has 0 aromatic heterocycles. The van der Waals surface area contributed by atoms with E-state index in [1.807, 2.05) is 91.0 Å². The third-order valence-corrected chi connectivity index (χ3v) is 10.9. The van der Waals surface area contributed by atoms with Crippen LogP contribution in [-0.4, -0.2) is 111 Å². The Labute approximate surface area is 432 Å². The average molecular weight is 1040 g/mol. The Morgan fingerprint density at radius 2 is 0.826 bits per heavy atom. The molecule has 8 rings (SSSR count). The number of esters is 2. The van der Waals surface area contributed by atoms with E-state index in [0.29, 0.717) is 38.8 Å². The van der Waals surface area contributed by atoms with Gasteiger partial charge in [0.1, 0.15) is 35.4 Å². The largest absolute Gasteiger partial charge is 0.448 e. The van der Waals surface area contributed by atoms with Gasteiger partial charge in [0.2, 0.25) is 12.2 Å². The molecule has 4 N–H and O–H groups in total. The van der Waals surface area contributed by atoms with Gasteiger partial charge in [0.25, 0.3) is 17.7 Å². The van der Waals surface area contributed by atoms with Crippen molar-refractivity contribution in [2.45, 2.75) is 134 Å². The summed E-state index contributed by atoms with van der Waals surface area (Å²) in [6, 6.07) is 25.7. The summed E-state index contributed by atoms with van der Waals surface area (Å²) in [6.45, 7) is 11.5. The fourth-order valence-corrected chi connectivity index (χ4v) is 7.62. The summed E-state index contributed by atoms with van der Waals surface area (Å²) in [5.74, 6) is -2.06. The molecule has 5 saturated heterocycles. The number of carbonyl (C=O) groups excluding carboxylic acids is 7. The zero-order valence-corrected chi connectivity index (χ0v) is 42.9. The molecule has 5 aliphatic rings. The number of rotatable bonds is 7. The molecule has 3 aromatic rings. The van der Waals surface area contributed by atoms with Crippen LogP contribution in [0.3, 0.4) is 0 Å². The maximum absolute atomic E-state index is 12.6. The van der Waals surface area contributed by atoms with E-state index in [-0.39, 0.29) is 97.3 Å². The first-order valence-electron chi connectivity index (χ1n) is 21.5. The highest BCUT2D eigenvalue weighted by atomic mass is 32.1. The molecule has 5 aliphatic heterocycles. The molecule has 0 saturated carbocycles. The van der Waals surface area contributed by atoms with E-state index in [2.05, 4.69) is 16.0 Å². The van der Waals surface area contributed by atoms with Crippen molar-refractivity contribution in [3.05, 3.63) is 108 Å². The van der Waals surface area contributed by atoms with Crippen molar-refractivity contribution < 1.29 is 57.6 Å². The van der Waals surface area contributed by atoms with Gasteiger partial charge in [-0.3, -0.25) is 24.2 Å². The summed E-state index contributed by atoms with van der Waals surface area (Å²) in [4.78, 5) is 87.0. The zero-order valence-electron chi connectivity index (χ0n) is 38.9. The zero-order chi connectivity index (χ0) is 46.3. The number of amides is 5. The van der Waals surface area contributed by atoms with Crippen LogP contribution in [0.5, 0.6) is 0 Å². The molecule has 69 heavy (non-hydrogen) atoms. The molecule has 0 aliphatic carbocycles. The van der Waals surface area contributed by atoms with Gasteiger partial charge in [-0.2, -0.15) is 54.0 Å². The molecule has 17 nitrogen and oxygen atoms in total. The second kappa shape index (κ2) is 26.8. The number of hydrogen-bond acceptors (Lipinski definition) is 12. The Bertz CT molecular complexity index is 2060. The van der Waals surface area contributed by atoms with Gasteiger partial charge in [0.05, 0.1) is 6.04 Å². The normalized spacial score (nSPS) is 23.8. The van der Waals surface area contributed by atoms with Crippen LogP contribution in [0.15, 0.2) is 91.0 Å². The van der Waals surface area contributed by atoms with Crippen LogP contribution in [0.1, 0.15) is 109 Å². The summed E-state index contributed by atoms with van der Waals surface area (Å²) >= 11 is 0. The first-order valence-corrected chi connectivity index (χ1v) is 21.5. The lowest BCUT2D eigenvalue weighted by Gasteiger charge is -2.37. The molecule has 5 heterocycles. The van der Waals surface area contributed by atoms with Crippen LogP contribution in [0.2, 0.25) is 0 Å². The highest BCUT2D eigenvalue weighted by Crippen LogP contribution is 2.31. The molecule has 8 atom stereocenters. The first kappa shape index (κ1) is 61.9. The minimum Gasteiger partial charge on any atom is -0.448 e. The third-order valence-electron chi connectivity index (χ3n) is 10.9. The summed E-state index contributed by atoms with van der Waals surface area (Å²) in [7, 11) is 0. The quantitative estimate of drug-likeness (QED) is 0.128. The van der Waals surface area contributed by atoms with Gasteiger partial charge in [0.15, 0.2) is 6.10 Å². The Morgan fingerprint density at radius 1 is 0.522 bits per heavy atom. The highest BCUT2D eigenvalue weighted by molar-refractivity contribution is 7.59. The predicted molar refractivity (Wildman–Crippen MR) is 278 cm³/mol. The number of hydrogen-bond donors (Lipinski definition) is 4. The summed E-state index contributed by atoms with van der Waals surface area (Å²) in [5.41, 5.74) is 1.42. The van der Waals surface area contributed by atoms with Crippen molar-refractivity contribution in [2.24, 2.45) is 0 Å². The second-order valence-corrected chi connectivity index (χ2v) is 18.0. The first-order chi connectivity index (χ1) is 30.3. The number of carbonyl (C=O) groups is 7. The maximum Gasteiger partial charge on any atom is 0.411 e. The molecular formula is C48H69N5O12S4. The molecule has 3 aromatic carbocycles. The third kappa shape index (κ3) is 16.0. The van der Waals surface area contributed by atoms with Gasteiger partial charge < -0.3 is 40.0 Å². The van der Waals surface area contributed by atoms with Gasteiger partial charge in [-0.15, -0.1) is 0 Å². The van der Waals surface area contributed by atoms with Crippen molar-refractivity contribution in [1.29, 1.82) is 0 Å². The second-order valence-electron chi connectivity index (χ2n) is 18.0. The van der Waals surface area contributed by atoms with E-state index in [9.17, 15) is 38.7 Å². The van der Waals surface area contributed by atoms with Crippen LogP contribution in [0.25, 0.3) is 0 Å². The molecule has 382 valence electrons. The molecule has 0 unspecified atom stereocenters. The van der Waals surface area contributed by atoms with Crippen molar-refractivity contribution >= 4 is 95.8 Å². The number of ether oxygens (including phenoxy) is 4. The van der Waals surface area contributed by atoms with Gasteiger partial charge in [-0.1, -0.05) is 98.4 Å². The van der Waals surface area contributed by atoms with Crippen molar-refractivity contribution in [2.75, 3.05) is 13.1 Å². The van der Waals surface area contributed by atoms with Gasteiger partial charge >= 0.3 is 24.1 Å². The Balaban J connectivity index is 0.000000528. The van der Waals surface area contributed by atoms with E-state index < -0.39 is 65.7 Å². The lowest BCUT2D eigenvalue weighted by molar-refractivity contribution is -0.169.